The van der Waals surface area contributed by atoms with Crippen molar-refractivity contribution in [3.05, 3.63) is 42.0 Å². The summed E-state index contributed by atoms with van der Waals surface area (Å²) >= 11 is 0. The van der Waals surface area contributed by atoms with Gasteiger partial charge in [0.1, 0.15) is 0 Å². The van der Waals surface area contributed by atoms with Crippen LogP contribution in [0.1, 0.15) is 111 Å². The van der Waals surface area contributed by atoms with Gasteiger partial charge in [-0.25, -0.2) is 4.79 Å². The fourth-order valence-corrected chi connectivity index (χ4v) is 12.6. The van der Waals surface area contributed by atoms with Gasteiger partial charge in [0.2, 0.25) is 0 Å². The van der Waals surface area contributed by atoms with Crippen molar-refractivity contribution < 1.29 is 24.9 Å². The molecule has 1 aromatic rings. The van der Waals surface area contributed by atoms with Gasteiger partial charge in [-0.2, -0.15) is 0 Å². The number of aromatic hydroxyl groups is 2. The Kier molecular flexibility index (Phi) is 7.67. The molecule has 5 saturated carbocycles. The van der Waals surface area contributed by atoms with E-state index in [2.05, 4.69) is 48.1 Å². The van der Waals surface area contributed by atoms with Gasteiger partial charge in [-0.1, -0.05) is 52.8 Å². The van der Waals surface area contributed by atoms with Crippen molar-refractivity contribution in [3.63, 3.8) is 0 Å². The van der Waals surface area contributed by atoms with Gasteiger partial charge in [0.05, 0.1) is 12.7 Å². The monoisotopic (exact) mass is 604 g/mol. The van der Waals surface area contributed by atoms with Gasteiger partial charge in [-0.05, 0) is 146 Å². The first-order valence-electron chi connectivity index (χ1n) is 17.3. The lowest BCUT2D eigenvalue weighted by molar-refractivity contribution is -0.249. The number of hydrogen-bond acceptors (Lipinski definition) is 5. The first kappa shape index (κ1) is 31.7. The molecule has 5 aliphatic rings. The lowest BCUT2D eigenvalue weighted by atomic mass is 9.32. The lowest BCUT2D eigenvalue weighted by Gasteiger charge is -2.73. The Morgan fingerprint density at radius 3 is 2.36 bits per heavy atom. The number of esters is 1. The van der Waals surface area contributed by atoms with E-state index in [0.29, 0.717) is 41.8 Å². The molecule has 10 unspecified atom stereocenters. The highest BCUT2D eigenvalue weighted by atomic mass is 16.5. The maximum Gasteiger partial charge on any atom is 0.330 e. The Morgan fingerprint density at radius 1 is 0.909 bits per heavy atom. The minimum absolute atomic E-state index is 0.0185. The van der Waals surface area contributed by atoms with Crippen LogP contribution in [0.5, 0.6) is 11.5 Å². The van der Waals surface area contributed by atoms with Gasteiger partial charge in [0.15, 0.2) is 11.5 Å². The van der Waals surface area contributed by atoms with E-state index in [1.165, 1.54) is 55.9 Å². The smallest absolute Gasteiger partial charge is 0.330 e. The van der Waals surface area contributed by atoms with Gasteiger partial charge in [-0.3, -0.25) is 0 Å². The Morgan fingerprint density at radius 2 is 1.66 bits per heavy atom. The second kappa shape index (κ2) is 10.6. The van der Waals surface area contributed by atoms with Crippen LogP contribution in [0, 0.1) is 56.7 Å². The number of hydrogen-bond donors (Lipinski definition) is 3. The van der Waals surface area contributed by atoms with Crippen molar-refractivity contribution in [2.75, 3.05) is 6.61 Å². The molecule has 44 heavy (non-hydrogen) atoms. The van der Waals surface area contributed by atoms with Crippen molar-refractivity contribution in [2.24, 2.45) is 56.7 Å². The third kappa shape index (κ3) is 4.53. The average Bonchev–Trinajstić information content (AvgIpc) is 3.35. The van der Waals surface area contributed by atoms with Gasteiger partial charge >= 0.3 is 5.97 Å². The van der Waals surface area contributed by atoms with Crippen LogP contribution in [0.15, 0.2) is 36.4 Å². The summed E-state index contributed by atoms with van der Waals surface area (Å²) in [6, 6.07) is 4.51. The molecule has 0 spiro atoms. The number of phenols is 2. The predicted molar refractivity (Wildman–Crippen MR) is 175 cm³/mol. The summed E-state index contributed by atoms with van der Waals surface area (Å²) in [6.45, 7) is 19.7. The van der Waals surface area contributed by atoms with Crippen LogP contribution in [0.3, 0.4) is 0 Å². The molecule has 5 heteroatoms. The number of allylic oxidation sites excluding steroid dienone is 1. The number of aliphatic hydroxyl groups is 1. The third-order valence-corrected chi connectivity index (χ3v) is 15.1. The van der Waals surface area contributed by atoms with Crippen molar-refractivity contribution in [2.45, 2.75) is 112 Å². The Balaban J connectivity index is 1.26. The number of ether oxygens (including phenoxy) is 1. The van der Waals surface area contributed by atoms with E-state index in [0.717, 1.165) is 32.1 Å². The van der Waals surface area contributed by atoms with Gasteiger partial charge in [0.25, 0.3) is 0 Å². The molecule has 5 nitrogen and oxygen atoms in total. The van der Waals surface area contributed by atoms with Crippen molar-refractivity contribution >= 4 is 12.0 Å². The summed E-state index contributed by atoms with van der Waals surface area (Å²) in [5.74, 6) is 2.00. The van der Waals surface area contributed by atoms with Crippen LogP contribution in [0.2, 0.25) is 0 Å². The van der Waals surface area contributed by atoms with E-state index in [4.69, 9.17) is 4.74 Å². The van der Waals surface area contributed by atoms with Gasteiger partial charge in [0, 0.05) is 11.5 Å². The van der Waals surface area contributed by atoms with Crippen LogP contribution in [0.4, 0.5) is 0 Å². The molecule has 0 radical (unpaired) electrons. The summed E-state index contributed by atoms with van der Waals surface area (Å²) < 4.78 is 6.06. The Bertz CT molecular complexity index is 1350. The molecule has 5 aliphatic carbocycles. The predicted octanol–water partition coefficient (Wildman–Crippen LogP) is 8.67. The molecular formula is C39H56O5. The van der Waals surface area contributed by atoms with Crippen molar-refractivity contribution in [1.82, 2.24) is 0 Å². The number of fused-ring (bicyclic) bond motifs is 7. The summed E-state index contributed by atoms with van der Waals surface area (Å²) in [5.41, 5.74) is 2.60. The summed E-state index contributed by atoms with van der Waals surface area (Å²) in [5, 5.41) is 30.4. The molecule has 0 aromatic heterocycles. The molecule has 0 bridgehead atoms. The number of carbonyl (C=O) groups excluding carboxylic acids is 1. The summed E-state index contributed by atoms with van der Waals surface area (Å²) in [7, 11) is 0. The van der Waals surface area contributed by atoms with Gasteiger partial charge in [-0.15, -0.1) is 0 Å². The Hall–Kier alpha value is -2.27. The molecule has 3 N–H and O–H groups in total. The minimum atomic E-state index is -0.359. The Labute approximate surface area is 265 Å². The molecule has 5 fully saturated rings. The molecule has 10 atom stereocenters. The van der Waals surface area contributed by atoms with E-state index in [9.17, 15) is 20.1 Å². The number of rotatable bonds is 5. The maximum absolute atomic E-state index is 13.0. The second-order valence-electron chi connectivity index (χ2n) is 17.1. The zero-order valence-electron chi connectivity index (χ0n) is 28.0. The highest BCUT2D eigenvalue weighted by molar-refractivity contribution is 5.87. The fraction of sp³-hybridized carbons (Fsp3) is 0.718. The quantitative estimate of drug-likeness (QED) is 0.135. The topological polar surface area (TPSA) is 87.0 Å². The van der Waals surface area contributed by atoms with E-state index in [-0.39, 0.29) is 50.6 Å². The van der Waals surface area contributed by atoms with Crippen LogP contribution < -0.4 is 0 Å². The molecule has 0 amide bonds. The standard InChI is InChI=1S/C39H56O5/c1-24(2)26-14-19-39(23-44-33(43)13-9-25-8-11-28(40)29(41)22-25)21-20-37(6)27(34(26)39)10-12-31-36(5)17-16-32(42)35(3,4)30(36)15-18-38(31,37)7/h8-9,11,13,22,26-27,30-32,34,40-42H,1,10,12,14-21,23H2,2-7H3. The van der Waals surface area contributed by atoms with Crippen LogP contribution in [0.25, 0.3) is 6.08 Å². The highest BCUT2D eigenvalue weighted by Crippen LogP contribution is 2.77. The molecule has 1 aromatic carbocycles. The number of phenolic OH excluding ortho intramolecular Hbond substituents is 2. The van der Waals surface area contributed by atoms with Crippen LogP contribution in [-0.2, 0) is 9.53 Å². The van der Waals surface area contributed by atoms with Crippen LogP contribution in [-0.4, -0.2) is 34.0 Å². The second-order valence-corrected chi connectivity index (χ2v) is 17.1. The number of aliphatic hydroxyl groups excluding tert-OH is 1. The zero-order valence-corrected chi connectivity index (χ0v) is 28.0. The first-order valence-corrected chi connectivity index (χ1v) is 17.3. The van der Waals surface area contributed by atoms with Gasteiger partial charge < -0.3 is 20.1 Å². The van der Waals surface area contributed by atoms with E-state index >= 15 is 0 Å². The first-order chi connectivity index (χ1) is 20.6. The minimum Gasteiger partial charge on any atom is -0.504 e. The fourth-order valence-electron chi connectivity index (χ4n) is 12.6. The molecule has 6 rings (SSSR count). The number of carbonyl (C=O) groups is 1. The van der Waals surface area contributed by atoms with Crippen molar-refractivity contribution in [3.8, 4) is 11.5 Å². The average molecular weight is 605 g/mol. The van der Waals surface area contributed by atoms with E-state index in [1.807, 2.05) is 0 Å². The maximum atomic E-state index is 13.0. The third-order valence-electron chi connectivity index (χ3n) is 15.1. The van der Waals surface area contributed by atoms with E-state index in [1.54, 1.807) is 12.1 Å². The number of benzene rings is 1. The van der Waals surface area contributed by atoms with Crippen molar-refractivity contribution in [1.29, 1.82) is 0 Å². The SMILES string of the molecule is C=C(C)C1CCC2(COC(=O)C=Cc3ccc(O)c(O)c3)CCC3(C)C(CCC4C5(C)CCC(O)C(C)(C)C5CCC43C)C12. The normalized spacial score (nSPS) is 44.2. The summed E-state index contributed by atoms with van der Waals surface area (Å²) in [6.07, 6.45) is 14.3. The molecular weight excluding hydrogens is 548 g/mol. The highest BCUT2D eigenvalue weighted by Gasteiger charge is 2.71. The van der Waals surface area contributed by atoms with E-state index < -0.39 is 0 Å². The zero-order chi connectivity index (χ0) is 31.9. The lowest BCUT2D eigenvalue weighted by Crippen LogP contribution is -2.66. The molecule has 0 heterocycles. The van der Waals surface area contributed by atoms with Crippen LogP contribution >= 0.6 is 0 Å². The summed E-state index contributed by atoms with van der Waals surface area (Å²) in [4.78, 5) is 13.0. The molecule has 0 saturated heterocycles. The largest absolute Gasteiger partial charge is 0.504 e. The molecule has 242 valence electrons. The molecule has 0 aliphatic heterocycles.